The number of benzene rings is 1. The van der Waals surface area contributed by atoms with Crippen molar-refractivity contribution >= 4 is 32.8 Å². The molecule has 0 aliphatic rings. The third-order valence-corrected chi connectivity index (χ3v) is 2.66. The highest BCUT2D eigenvalue weighted by molar-refractivity contribution is 9.10. The molecule has 0 aliphatic heterocycles. The van der Waals surface area contributed by atoms with E-state index in [4.69, 9.17) is 11.6 Å². The Hall–Kier alpha value is -0.750. The van der Waals surface area contributed by atoms with E-state index in [0.29, 0.717) is 0 Å². The average Bonchev–Trinajstić information content (AvgIpc) is 2.14. The van der Waals surface area contributed by atoms with Crippen LogP contribution < -0.4 is 4.74 Å². The van der Waals surface area contributed by atoms with Crippen LogP contribution >= 0.6 is 27.5 Å². The molecule has 0 amide bonds. The monoisotopic (exact) mass is 316 g/mol. The molecule has 0 fully saturated rings. The highest BCUT2D eigenvalue weighted by Crippen LogP contribution is 2.41. The molecule has 7 heteroatoms. The van der Waals surface area contributed by atoms with Crippen LogP contribution in [-0.4, -0.2) is 12.4 Å². The predicted molar refractivity (Wildman–Crippen MR) is 55.9 cm³/mol. The van der Waals surface area contributed by atoms with E-state index in [9.17, 15) is 18.0 Å². The number of alkyl halides is 3. The van der Waals surface area contributed by atoms with Crippen LogP contribution in [0.5, 0.6) is 5.75 Å². The van der Waals surface area contributed by atoms with Crippen molar-refractivity contribution in [3.05, 3.63) is 27.7 Å². The highest BCUT2D eigenvalue weighted by atomic mass is 79.9. The van der Waals surface area contributed by atoms with Crippen molar-refractivity contribution in [2.24, 2.45) is 0 Å². The Bertz CT molecular complexity index is 431. The smallest absolute Gasteiger partial charge is 0.419 e. The molecule has 88 valence electrons. The summed E-state index contributed by atoms with van der Waals surface area (Å²) in [7, 11) is 1.04. The van der Waals surface area contributed by atoms with Crippen LogP contribution in [0.2, 0.25) is 0 Å². The van der Waals surface area contributed by atoms with E-state index >= 15 is 0 Å². The lowest BCUT2D eigenvalue weighted by Gasteiger charge is -2.14. The Kier molecular flexibility index (Phi) is 3.85. The largest absolute Gasteiger partial charge is 0.495 e. The number of hydrogen-bond donors (Lipinski definition) is 0. The van der Waals surface area contributed by atoms with Gasteiger partial charge < -0.3 is 4.74 Å². The summed E-state index contributed by atoms with van der Waals surface area (Å²) < 4.78 is 42.4. The van der Waals surface area contributed by atoms with Gasteiger partial charge in [0.1, 0.15) is 5.75 Å². The molecule has 0 saturated carbocycles. The fourth-order valence-corrected chi connectivity index (χ4v) is 1.97. The molecular formula is C9H5BrClF3O2. The van der Waals surface area contributed by atoms with E-state index in [0.717, 1.165) is 19.2 Å². The SMILES string of the molecule is COc1c(C(F)(F)F)ccc(Br)c1C(=O)Cl. The molecule has 1 aromatic carbocycles. The van der Waals surface area contributed by atoms with Crippen LogP contribution in [0.3, 0.4) is 0 Å². The Balaban J connectivity index is 3.56. The molecule has 0 unspecified atom stereocenters. The molecule has 16 heavy (non-hydrogen) atoms. The van der Waals surface area contributed by atoms with Crippen molar-refractivity contribution in [2.45, 2.75) is 6.18 Å². The van der Waals surface area contributed by atoms with Gasteiger partial charge >= 0.3 is 6.18 Å². The second-order valence-electron chi connectivity index (χ2n) is 2.77. The molecule has 0 aromatic heterocycles. The van der Waals surface area contributed by atoms with Gasteiger partial charge in [0.15, 0.2) is 0 Å². The third kappa shape index (κ3) is 2.49. The summed E-state index contributed by atoms with van der Waals surface area (Å²) >= 11 is 8.13. The van der Waals surface area contributed by atoms with Crippen LogP contribution in [0.1, 0.15) is 15.9 Å². The summed E-state index contributed by atoms with van der Waals surface area (Å²) in [5, 5.41) is -1.02. The number of carbonyl (C=O) groups excluding carboxylic acids is 1. The van der Waals surface area contributed by atoms with E-state index in [1.165, 1.54) is 0 Å². The molecule has 0 saturated heterocycles. The van der Waals surface area contributed by atoms with Crippen LogP contribution in [0, 0.1) is 0 Å². The van der Waals surface area contributed by atoms with Crippen molar-refractivity contribution in [2.75, 3.05) is 7.11 Å². The lowest BCUT2D eigenvalue weighted by molar-refractivity contribution is -0.138. The van der Waals surface area contributed by atoms with Crippen LogP contribution in [0.15, 0.2) is 16.6 Å². The van der Waals surface area contributed by atoms with Crippen molar-refractivity contribution in [3.63, 3.8) is 0 Å². The third-order valence-electron chi connectivity index (χ3n) is 1.81. The van der Waals surface area contributed by atoms with Crippen LogP contribution in [-0.2, 0) is 6.18 Å². The van der Waals surface area contributed by atoms with Gasteiger partial charge in [0.05, 0.1) is 18.2 Å². The minimum Gasteiger partial charge on any atom is -0.495 e. The first-order valence-corrected chi connectivity index (χ1v) is 5.09. The van der Waals surface area contributed by atoms with Gasteiger partial charge in [-0.1, -0.05) is 0 Å². The molecule has 0 bridgehead atoms. The number of carbonyl (C=O) groups is 1. The molecule has 1 rings (SSSR count). The van der Waals surface area contributed by atoms with E-state index in [1.807, 2.05) is 0 Å². The summed E-state index contributed by atoms with van der Waals surface area (Å²) in [6, 6.07) is 1.91. The maximum absolute atomic E-state index is 12.6. The summed E-state index contributed by atoms with van der Waals surface area (Å²) in [5.41, 5.74) is -1.37. The van der Waals surface area contributed by atoms with Crippen LogP contribution in [0.25, 0.3) is 0 Å². The first kappa shape index (κ1) is 13.3. The molecule has 0 radical (unpaired) electrons. The predicted octanol–water partition coefficient (Wildman–Crippen LogP) is 3.86. The van der Waals surface area contributed by atoms with Gasteiger partial charge in [-0.2, -0.15) is 13.2 Å². The first-order valence-electron chi connectivity index (χ1n) is 3.92. The molecule has 0 heterocycles. The summed E-state index contributed by atoms with van der Waals surface area (Å²) in [6.07, 6.45) is -4.60. The van der Waals surface area contributed by atoms with Crippen molar-refractivity contribution in [1.29, 1.82) is 0 Å². The van der Waals surface area contributed by atoms with Gasteiger partial charge in [-0.3, -0.25) is 4.79 Å². The first-order chi connectivity index (χ1) is 7.29. The van der Waals surface area contributed by atoms with Gasteiger partial charge in [0.2, 0.25) is 0 Å². The quantitative estimate of drug-likeness (QED) is 0.774. The average molecular weight is 317 g/mol. The molecular weight excluding hydrogens is 312 g/mol. The number of rotatable bonds is 2. The number of ether oxygens (including phenoxy) is 1. The standard InChI is InChI=1S/C9H5BrClF3O2/c1-16-7-4(9(12,13)14)2-3-5(10)6(7)8(11)15/h2-3H,1H3. The molecule has 0 aliphatic carbocycles. The number of halogens is 5. The van der Waals surface area contributed by atoms with Gasteiger partial charge in [0.25, 0.3) is 5.24 Å². The van der Waals surface area contributed by atoms with E-state index < -0.39 is 22.7 Å². The Morgan fingerprint density at radius 3 is 2.38 bits per heavy atom. The zero-order valence-corrected chi connectivity index (χ0v) is 10.2. The maximum atomic E-state index is 12.6. The molecule has 1 aromatic rings. The minimum atomic E-state index is -4.60. The van der Waals surface area contributed by atoms with Crippen molar-refractivity contribution in [3.8, 4) is 5.75 Å². The maximum Gasteiger partial charge on any atom is 0.419 e. The highest BCUT2D eigenvalue weighted by Gasteiger charge is 2.36. The number of methoxy groups -OCH3 is 1. The molecule has 0 spiro atoms. The molecule has 0 atom stereocenters. The second-order valence-corrected chi connectivity index (χ2v) is 3.97. The lowest BCUT2D eigenvalue weighted by Crippen LogP contribution is -2.10. The summed E-state index contributed by atoms with van der Waals surface area (Å²) in [5.74, 6) is -0.582. The second kappa shape index (κ2) is 4.63. The summed E-state index contributed by atoms with van der Waals surface area (Å²) in [4.78, 5) is 11.0. The fraction of sp³-hybridized carbons (Fsp3) is 0.222. The van der Waals surface area contributed by atoms with Crippen molar-refractivity contribution in [1.82, 2.24) is 0 Å². The van der Waals surface area contributed by atoms with Crippen molar-refractivity contribution < 1.29 is 22.7 Å². The topological polar surface area (TPSA) is 26.3 Å². The Morgan fingerprint density at radius 1 is 1.44 bits per heavy atom. The number of hydrogen-bond acceptors (Lipinski definition) is 2. The molecule has 2 nitrogen and oxygen atoms in total. The normalized spacial score (nSPS) is 11.4. The van der Waals surface area contributed by atoms with E-state index in [-0.39, 0.29) is 10.0 Å². The van der Waals surface area contributed by atoms with E-state index in [2.05, 4.69) is 20.7 Å². The molecule has 0 N–H and O–H groups in total. The summed E-state index contributed by atoms with van der Waals surface area (Å²) in [6.45, 7) is 0. The van der Waals surface area contributed by atoms with Gasteiger partial charge in [-0.15, -0.1) is 0 Å². The van der Waals surface area contributed by atoms with Gasteiger partial charge in [0, 0.05) is 4.47 Å². The Labute approximate surface area is 102 Å². The lowest BCUT2D eigenvalue weighted by atomic mass is 10.1. The van der Waals surface area contributed by atoms with Gasteiger partial charge in [-0.05, 0) is 39.7 Å². The van der Waals surface area contributed by atoms with Gasteiger partial charge in [-0.25, -0.2) is 0 Å². The zero-order chi connectivity index (χ0) is 12.5. The van der Waals surface area contributed by atoms with Crippen LogP contribution in [0.4, 0.5) is 13.2 Å². The minimum absolute atomic E-state index is 0.150. The fourth-order valence-electron chi connectivity index (χ4n) is 1.18. The van der Waals surface area contributed by atoms with E-state index in [1.54, 1.807) is 0 Å². The Morgan fingerprint density at radius 2 is 2.00 bits per heavy atom. The zero-order valence-electron chi connectivity index (χ0n) is 7.86.